The smallest absolute Gasteiger partial charge is 0.262 e. The minimum absolute atomic E-state index is 0.154. The van der Waals surface area contributed by atoms with Gasteiger partial charge in [-0.25, -0.2) is 0 Å². The summed E-state index contributed by atoms with van der Waals surface area (Å²) in [6, 6.07) is 23.0. The van der Waals surface area contributed by atoms with Gasteiger partial charge in [-0.05, 0) is 53.8 Å². The van der Waals surface area contributed by atoms with Crippen molar-refractivity contribution in [1.29, 1.82) is 0 Å². The number of amides is 2. The number of benzene rings is 3. The van der Waals surface area contributed by atoms with Crippen molar-refractivity contribution in [1.82, 2.24) is 4.90 Å². The Morgan fingerprint density at radius 3 is 2.59 bits per heavy atom. The summed E-state index contributed by atoms with van der Waals surface area (Å²) in [5, 5.41) is 3.30. The van der Waals surface area contributed by atoms with Crippen molar-refractivity contribution in [2.75, 3.05) is 18.5 Å². The largest absolute Gasteiger partial charge is 0.482 e. The first-order chi connectivity index (χ1) is 15.6. The van der Waals surface area contributed by atoms with Crippen molar-refractivity contribution in [2.24, 2.45) is 0 Å². The third-order valence-corrected chi connectivity index (χ3v) is 5.70. The summed E-state index contributed by atoms with van der Waals surface area (Å²) in [4.78, 5) is 26.3. The van der Waals surface area contributed by atoms with Crippen LogP contribution in [0.25, 0.3) is 11.1 Å². The molecule has 0 spiro atoms. The monoisotopic (exact) mass is 448 g/mol. The number of nitrogens with one attached hydrogen (secondary N) is 1. The lowest BCUT2D eigenvalue weighted by Crippen LogP contribution is -2.34. The third kappa shape index (κ3) is 5.68. The van der Waals surface area contributed by atoms with Crippen LogP contribution in [0.3, 0.4) is 0 Å². The van der Waals surface area contributed by atoms with E-state index in [0.29, 0.717) is 29.4 Å². The van der Waals surface area contributed by atoms with Crippen LogP contribution in [-0.4, -0.2) is 29.9 Å². The Hall–Kier alpha value is -3.31. The number of anilines is 1. The van der Waals surface area contributed by atoms with Gasteiger partial charge in [0.2, 0.25) is 5.91 Å². The number of piperidine rings is 1. The van der Waals surface area contributed by atoms with Crippen LogP contribution in [0.15, 0.2) is 72.8 Å². The van der Waals surface area contributed by atoms with Gasteiger partial charge >= 0.3 is 0 Å². The lowest BCUT2D eigenvalue weighted by Gasteiger charge is -2.26. The van der Waals surface area contributed by atoms with Gasteiger partial charge in [0.15, 0.2) is 6.61 Å². The fraction of sp³-hybridized carbons (Fsp3) is 0.231. The van der Waals surface area contributed by atoms with E-state index in [4.69, 9.17) is 16.3 Å². The Bertz CT molecular complexity index is 1100. The van der Waals surface area contributed by atoms with Crippen LogP contribution < -0.4 is 10.1 Å². The number of halogens is 1. The number of rotatable bonds is 7. The van der Waals surface area contributed by atoms with Crippen LogP contribution in [0.5, 0.6) is 5.75 Å². The van der Waals surface area contributed by atoms with Crippen LogP contribution in [0.1, 0.15) is 24.8 Å². The zero-order valence-corrected chi connectivity index (χ0v) is 18.5. The van der Waals surface area contributed by atoms with Crippen LogP contribution in [-0.2, 0) is 16.1 Å². The van der Waals surface area contributed by atoms with E-state index < -0.39 is 0 Å². The van der Waals surface area contributed by atoms with Crippen LogP contribution in [0.4, 0.5) is 5.69 Å². The molecular formula is C26H25ClN2O3. The highest BCUT2D eigenvalue weighted by Gasteiger charge is 2.18. The van der Waals surface area contributed by atoms with Gasteiger partial charge in [0.25, 0.3) is 5.91 Å². The Morgan fingerprint density at radius 2 is 1.81 bits per heavy atom. The molecular weight excluding hydrogens is 424 g/mol. The van der Waals surface area contributed by atoms with Gasteiger partial charge in [0.05, 0.1) is 5.02 Å². The fourth-order valence-corrected chi connectivity index (χ4v) is 4.00. The summed E-state index contributed by atoms with van der Waals surface area (Å²) < 4.78 is 5.63. The molecule has 164 valence electrons. The topological polar surface area (TPSA) is 58.6 Å². The van der Waals surface area contributed by atoms with Crippen LogP contribution in [0, 0.1) is 0 Å². The van der Waals surface area contributed by atoms with Crippen LogP contribution in [0.2, 0.25) is 5.02 Å². The molecule has 5 nitrogen and oxygen atoms in total. The van der Waals surface area contributed by atoms with Gasteiger partial charge in [-0.2, -0.15) is 0 Å². The highest BCUT2D eigenvalue weighted by atomic mass is 35.5. The second kappa shape index (κ2) is 10.3. The summed E-state index contributed by atoms with van der Waals surface area (Å²) in [5.41, 5.74) is 3.70. The van der Waals surface area contributed by atoms with Gasteiger partial charge < -0.3 is 15.0 Å². The van der Waals surface area contributed by atoms with E-state index in [2.05, 4.69) is 5.32 Å². The second-order valence-electron chi connectivity index (χ2n) is 7.82. The minimum Gasteiger partial charge on any atom is -0.482 e. The molecule has 1 saturated heterocycles. The highest BCUT2D eigenvalue weighted by molar-refractivity contribution is 6.32. The van der Waals surface area contributed by atoms with Crippen molar-refractivity contribution < 1.29 is 14.3 Å². The van der Waals surface area contributed by atoms with Crippen molar-refractivity contribution in [3.8, 4) is 16.9 Å². The molecule has 0 saturated carbocycles. The van der Waals surface area contributed by atoms with E-state index in [1.54, 1.807) is 6.07 Å². The maximum Gasteiger partial charge on any atom is 0.262 e. The number of carbonyl (C=O) groups excluding carboxylic acids is 2. The fourth-order valence-electron chi connectivity index (χ4n) is 3.77. The lowest BCUT2D eigenvalue weighted by atomic mass is 10.1. The Kier molecular flexibility index (Phi) is 7.07. The van der Waals surface area contributed by atoms with Gasteiger partial charge in [0.1, 0.15) is 5.75 Å². The summed E-state index contributed by atoms with van der Waals surface area (Å²) >= 11 is 6.36. The van der Waals surface area contributed by atoms with E-state index in [9.17, 15) is 9.59 Å². The van der Waals surface area contributed by atoms with Gasteiger partial charge in [-0.15, -0.1) is 0 Å². The van der Waals surface area contributed by atoms with Gasteiger partial charge in [-0.3, -0.25) is 9.59 Å². The molecule has 0 radical (unpaired) electrons. The molecule has 6 heteroatoms. The standard InChI is InChI=1S/C26H25ClN2O3/c27-23-16-21(20-8-2-1-3-9-20)12-13-24(23)32-18-25(30)28-22-10-6-7-19(15-22)17-29-14-5-4-11-26(29)31/h1-3,6-10,12-13,15-16H,4-5,11,14,17-18H2,(H,28,30). The minimum atomic E-state index is -0.278. The van der Waals surface area contributed by atoms with E-state index in [1.165, 1.54) is 0 Å². The van der Waals surface area contributed by atoms with Crippen molar-refractivity contribution in [3.05, 3.63) is 83.4 Å². The zero-order valence-electron chi connectivity index (χ0n) is 17.7. The SMILES string of the molecule is O=C(COc1ccc(-c2ccccc2)cc1Cl)Nc1cccc(CN2CCCCC2=O)c1. The normalized spacial score (nSPS) is 13.7. The first-order valence-electron chi connectivity index (χ1n) is 10.7. The number of ether oxygens (including phenoxy) is 1. The maximum atomic E-state index is 12.4. The summed E-state index contributed by atoms with van der Waals surface area (Å²) in [6.07, 6.45) is 2.61. The lowest BCUT2D eigenvalue weighted by molar-refractivity contribution is -0.133. The van der Waals surface area contributed by atoms with Crippen LogP contribution >= 0.6 is 11.6 Å². The molecule has 2 amide bonds. The number of carbonyl (C=O) groups is 2. The first-order valence-corrected chi connectivity index (χ1v) is 11.1. The first kappa shape index (κ1) is 21.9. The molecule has 4 rings (SSSR count). The van der Waals surface area contributed by atoms with Crippen molar-refractivity contribution in [2.45, 2.75) is 25.8 Å². The van der Waals surface area contributed by atoms with E-state index in [1.807, 2.05) is 71.6 Å². The number of hydrogen-bond donors (Lipinski definition) is 1. The van der Waals surface area contributed by atoms with Gasteiger partial charge in [-0.1, -0.05) is 60.1 Å². The summed E-state index contributed by atoms with van der Waals surface area (Å²) in [7, 11) is 0. The Labute approximate surface area is 193 Å². The zero-order chi connectivity index (χ0) is 22.3. The predicted molar refractivity (Wildman–Crippen MR) is 127 cm³/mol. The molecule has 32 heavy (non-hydrogen) atoms. The second-order valence-corrected chi connectivity index (χ2v) is 8.23. The molecule has 0 bridgehead atoms. The predicted octanol–water partition coefficient (Wildman–Crippen LogP) is 5.54. The quantitative estimate of drug-likeness (QED) is 0.516. The number of likely N-dealkylation sites (tertiary alicyclic amines) is 1. The molecule has 1 N–H and O–H groups in total. The van der Waals surface area contributed by atoms with Gasteiger partial charge in [0, 0.05) is 25.2 Å². The summed E-state index contributed by atoms with van der Waals surface area (Å²) in [6.45, 7) is 1.19. The molecule has 1 heterocycles. The number of nitrogens with zero attached hydrogens (tertiary/aromatic N) is 1. The average molecular weight is 449 g/mol. The summed E-state index contributed by atoms with van der Waals surface area (Å²) in [5.74, 6) is 0.368. The Balaban J connectivity index is 1.33. The molecule has 0 aromatic heterocycles. The van der Waals surface area contributed by atoms with Crippen molar-refractivity contribution in [3.63, 3.8) is 0 Å². The molecule has 1 aliphatic heterocycles. The third-order valence-electron chi connectivity index (χ3n) is 5.40. The molecule has 0 unspecified atom stereocenters. The molecule has 1 aliphatic rings. The molecule has 0 aliphatic carbocycles. The molecule has 3 aromatic carbocycles. The maximum absolute atomic E-state index is 12.4. The number of hydrogen-bond acceptors (Lipinski definition) is 3. The molecule has 3 aromatic rings. The average Bonchev–Trinajstić information content (AvgIpc) is 2.80. The van der Waals surface area contributed by atoms with E-state index in [-0.39, 0.29) is 18.4 Å². The molecule has 1 fully saturated rings. The Morgan fingerprint density at radius 1 is 0.969 bits per heavy atom. The van der Waals surface area contributed by atoms with E-state index >= 15 is 0 Å². The van der Waals surface area contributed by atoms with Crippen molar-refractivity contribution >= 4 is 29.1 Å². The highest BCUT2D eigenvalue weighted by Crippen LogP contribution is 2.30. The van der Waals surface area contributed by atoms with E-state index in [0.717, 1.165) is 36.1 Å². The molecule has 0 atom stereocenters.